The SMILES string of the molecule is C=CCn1c(SCC(=O)N(CC)CC(=C)C)nnc1-c1ccoc1C. The summed E-state index contributed by atoms with van der Waals surface area (Å²) in [4.78, 5) is 14.2. The Bertz CT molecular complexity index is 763. The molecule has 0 spiro atoms. The number of aromatic nitrogens is 3. The third kappa shape index (κ3) is 4.63. The molecule has 0 aliphatic heterocycles. The van der Waals surface area contributed by atoms with Crippen LogP contribution in [-0.2, 0) is 11.3 Å². The summed E-state index contributed by atoms with van der Waals surface area (Å²) in [6.45, 7) is 15.2. The Morgan fingerprint density at radius 1 is 1.48 bits per heavy atom. The summed E-state index contributed by atoms with van der Waals surface area (Å²) < 4.78 is 7.30. The number of thioether (sulfide) groups is 1. The maximum Gasteiger partial charge on any atom is 0.233 e. The normalized spacial score (nSPS) is 10.7. The summed E-state index contributed by atoms with van der Waals surface area (Å²) in [6.07, 6.45) is 3.41. The number of rotatable bonds is 9. The smallest absolute Gasteiger partial charge is 0.233 e. The van der Waals surface area contributed by atoms with Crippen LogP contribution in [-0.4, -0.2) is 44.4 Å². The van der Waals surface area contributed by atoms with Crippen LogP contribution in [0.5, 0.6) is 0 Å². The highest BCUT2D eigenvalue weighted by Crippen LogP contribution is 2.27. The lowest BCUT2D eigenvalue weighted by atomic mass is 10.2. The molecule has 0 aliphatic rings. The van der Waals surface area contributed by atoms with Gasteiger partial charge in [-0.2, -0.15) is 0 Å². The van der Waals surface area contributed by atoms with E-state index in [4.69, 9.17) is 4.42 Å². The fraction of sp³-hybridized carbons (Fsp3) is 0.389. The van der Waals surface area contributed by atoms with Gasteiger partial charge in [0.2, 0.25) is 5.91 Å². The maximum atomic E-state index is 12.4. The molecular weight excluding hydrogens is 336 g/mol. The van der Waals surface area contributed by atoms with Gasteiger partial charge in [-0.25, -0.2) is 0 Å². The third-order valence-electron chi connectivity index (χ3n) is 3.65. The molecular formula is C18H24N4O2S. The third-order valence-corrected chi connectivity index (χ3v) is 4.60. The minimum Gasteiger partial charge on any atom is -0.469 e. The predicted octanol–water partition coefficient (Wildman–Crippen LogP) is 3.55. The van der Waals surface area contributed by atoms with Crippen LogP contribution >= 0.6 is 11.8 Å². The minimum atomic E-state index is 0.0599. The van der Waals surface area contributed by atoms with E-state index in [0.29, 0.717) is 30.5 Å². The van der Waals surface area contributed by atoms with Gasteiger partial charge in [0.25, 0.3) is 0 Å². The highest BCUT2D eigenvalue weighted by Gasteiger charge is 2.19. The molecule has 25 heavy (non-hydrogen) atoms. The number of nitrogens with zero attached hydrogens (tertiary/aromatic N) is 4. The van der Waals surface area contributed by atoms with Crippen molar-refractivity contribution in [2.75, 3.05) is 18.8 Å². The Labute approximate surface area is 152 Å². The zero-order valence-corrected chi connectivity index (χ0v) is 15.8. The van der Waals surface area contributed by atoms with Crippen molar-refractivity contribution in [3.8, 4) is 11.4 Å². The van der Waals surface area contributed by atoms with E-state index in [-0.39, 0.29) is 5.91 Å². The van der Waals surface area contributed by atoms with Crippen LogP contribution in [0.1, 0.15) is 19.6 Å². The lowest BCUT2D eigenvalue weighted by Crippen LogP contribution is -2.33. The van der Waals surface area contributed by atoms with Crippen molar-refractivity contribution in [2.45, 2.75) is 32.5 Å². The van der Waals surface area contributed by atoms with Crippen molar-refractivity contribution in [2.24, 2.45) is 0 Å². The monoisotopic (exact) mass is 360 g/mol. The summed E-state index contributed by atoms with van der Waals surface area (Å²) in [7, 11) is 0. The van der Waals surface area contributed by atoms with Crippen LogP contribution in [0.2, 0.25) is 0 Å². The number of carbonyl (C=O) groups excluding carboxylic acids is 1. The number of allylic oxidation sites excluding steroid dienone is 1. The first-order chi connectivity index (χ1) is 12.0. The van der Waals surface area contributed by atoms with Gasteiger partial charge in [0.15, 0.2) is 11.0 Å². The fourth-order valence-corrected chi connectivity index (χ4v) is 3.28. The lowest BCUT2D eigenvalue weighted by Gasteiger charge is -2.20. The zero-order chi connectivity index (χ0) is 18.4. The maximum absolute atomic E-state index is 12.4. The van der Waals surface area contributed by atoms with Crippen molar-refractivity contribution < 1.29 is 9.21 Å². The molecule has 0 aliphatic carbocycles. The zero-order valence-electron chi connectivity index (χ0n) is 15.0. The molecule has 6 nitrogen and oxygen atoms in total. The number of hydrogen-bond acceptors (Lipinski definition) is 5. The summed E-state index contributed by atoms with van der Waals surface area (Å²) >= 11 is 1.38. The second kappa shape index (κ2) is 8.71. The molecule has 0 bridgehead atoms. The fourth-order valence-electron chi connectivity index (χ4n) is 2.43. The molecule has 2 heterocycles. The van der Waals surface area contributed by atoms with Crippen LogP contribution < -0.4 is 0 Å². The molecule has 0 aromatic carbocycles. The molecule has 2 aromatic heterocycles. The Kier molecular flexibility index (Phi) is 6.64. The molecule has 1 amide bonds. The molecule has 2 rings (SSSR count). The molecule has 0 N–H and O–H groups in total. The van der Waals surface area contributed by atoms with Crippen LogP contribution in [0.4, 0.5) is 0 Å². The Balaban J connectivity index is 2.16. The summed E-state index contributed by atoms with van der Waals surface area (Å²) in [6, 6.07) is 1.87. The molecule has 0 fully saturated rings. The van der Waals surface area contributed by atoms with Crippen LogP contribution in [0, 0.1) is 6.92 Å². The van der Waals surface area contributed by atoms with E-state index in [1.165, 1.54) is 11.8 Å². The highest BCUT2D eigenvalue weighted by molar-refractivity contribution is 7.99. The van der Waals surface area contributed by atoms with Gasteiger partial charge < -0.3 is 9.32 Å². The van der Waals surface area contributed by atoms with Crippen LogP contribution in [0.25, 0.3) is 11.4 Å². The molecule has 0 radical (unpaired) electrons. The second-order valence-electron chi connectivity index (χ2n) is 5.75. The molecule has 134 valence electrons. The average molecular weight is 360 g/mol. The van der Waals surface area contributed by atoms with E-state index in [2.05, 4.69) is 23.4 Å². The van der Waals surface area contributed by atoms with Gasteiger partial charge in [-0.05, 0) is 26.8 Å². The summed E-state index contributed by atoms with van der Waals surface area (Å²) in [5.41, 5.74) is 1.86. The highest BCUT2D eigenvalue weighted by atomic mass is 32.2. The van der Waals surface area contributed by atoms with Gasteiger partial charge >= 0.3 is 0 Å². The first-order valence-electron chi connectivity index (χ1n) is 8.11. The number of amides is 1. The summed E-state index contributed by atoms with van der Waals surface area (Å²) in [5, 5.41) is 9.21. The van der Waals surface area contributed by atoms with E-state index in [1.54, 1.807) is 17.2 Å². The largest absolute Gasteiger partial charge is 0.469 e. The van der Waals surface area contributed by atoms with Crippen molar-refractivity contribution >= 4 is 17.7 Å². The van der Waals surface area contributed by atoms with E-state index in [9.17, 15) is 4.79 Å². The van der Waals surface area contributed by atoms with Gasteiger partial charge in [0.05, 0.1) is 17.6 Å². The number of aryl methyl sites for hydroxylation is 1. The van der Waals surface area contributed by atoms with Crippen LogP contribution in [0.15, 0.2) is 46.7 Å². The van der Waals surface area contributed by atoms with Crippen molar-refractivity contribution in [1.82, 2.24) is 19.7 Å². The Morgan fingerprint density at radius 3 is 2.80 bits per heavy atom. The van der Waals surface area contributed by atoms with Crippen molar-refractivity contribution in [3.63, 3.8) is 0 Å². The number of carbonyl (C=O) groups is 1. The molecule has 0 saturated carbocycles. The minimum absolute atomic E-state index is 0.0599. The number of furan rings is 1. The van der Waals surface area contributed by atoms with Gasteiger partial charge in [-0.15, -0.1) is 16.8 Å². The van der Waals surface area contributed by atoms with Crippen molar-refractivity contribution in [3.05, 3.63) is 42.9 Å². The van der Waals surface area contributed by atoms with E-state index < -0.39 is 0 Å². The molecule has 0 atom stereocenters. The van der Waals surface area contributed by atoms with Gasteiger partial charge in [-0.3, -0.25) is 9.36 Å². The number of likely N-dealkylation sites (N-methyl/N-ethyl adjacent to an activating group) is 1. The van der Waals surface area contributed by atoms with Gasteiger partial charge in [-0.1, -0.05) is 30.0 Å². The average Bonchev–Trinajstić information content (AvgIpc) is 3.16. The topological polar surface area (TPSA) is 64.2 Å². The molecule has 0 unspecified atom stereocenters. The number of hydrogen-bond donors (Lipinski definition) is 0. The van der Waals surface area contributed by atoms with Crippen molar-refractivity contribution in [1.29, 1.82) is 0 Å². The summed E-state index contributed by atoms with van der Waals surface area (Å²) in [5.74, 6) is 1.87. The van der Waals surface area contributed by atoms with Gasteiger partial charge in [0.1, 0.15) is 5.76 Å². The molecule has 2 aromatic rings. The predicted molar refractivity (Wildman–Crippen MR) is 100 cm³/mol. The first-order valence-corrected chi connectivity index (χ1v) is 9.10. The van der Waals surface area contributed by atoms with E-state index in [1.807, 2.05) is 31.4 Å². The standard InChI is InChI=1S/C18H24N4O2S/c1-6-9-22-17(15-8-10-24-14(15)5)19-20-18(22)25-12-16(23)21(7-2)11-13(3)4/h6,8,10H,1,3,7,9,11-12H2,2,4-5H3. The Hall–Kier alpha value is -2.28. The molecule has 7 heteroatoms. The van der Waals surface area contributed by atoms with Gasteiger partial charge in [0, 0.05) is 19.6 Å². The quantitative estimate of drug-likeness (QED) is 0.505. The lowest BCUT2D eigenvalue weighted by molar-refractivity contribution is -0.127. The first kappa shape index (κ1) is 19.1. The van der Waals surface area contributed by atoms with Crippen LogP contribution in [0.3, 0.4) is 0 Å². The van der Waals surface area contributed by atoms with E-state index >= 15 is 0 Å². The van der Waals surface area contributed by atoms with E-state index in [0.717, 1.165) is 22.7 Å². The second-order valence-corrected chi connectivity index (χ2v) is 6.69. The Morgan fingerprint density at radius 2 is 2.24 bits per heavy atom. The molecule has 0 saturated heterocycles.